The molecule has 2 N–H and O–H groups in total. The van der Waals surface area contributed by atoms with Crippen LogP contribution in [0.25, 0.3) is 0 Å². The average Bonchev–Trinajstić information content (AvgIpc) is 2.87. The van der Waals surface area contributed by atoms with Crippen LogP contribution in [0.3, 0.4) is 0 Å². The molecule has 0 saturated carbocycles. The minimum Gasteiger partial charge on any atom is -0.326 e. The predicted octanol–water partition coefficient (Wildman–Crippen LogP) is 4.97. The highest BCUT2D eigenvalue weighted by atomic mass is 35.5. The lowest BCUT2D eigenvalue weighted by atomic mass is 10.0. The molecule has 1 heterocycles. The predicted molar refractivity (Wildman–Crippen MR) is 93.3 cm³/mol. The normalized spacial score (nSPS) is 14.4. The van der Waals surface area contributed by atoms with Gasteiger partial charge in [0.05, 0.1) is 10.4 Å². The molecule has 0 amide bonds. The maximum atomic E-state index is 6.34. The van der Waals surface area contributed by atoms with E-state index < -0.39 is 0 Å². The van der Waals surface area contributed by atoms with Gasteiger partial charge in [0.15, 0.2) is 0 Å². The number of thiophene rings is 1. The van der Waals surface area contributed by atoms with Crippen molar-refractivity contribution in [2.75, 3.05) is 7.05 Å². The molecule has 21 heavy (non-hydrogen) atoms. The van der Waals surface area contributed by atoms with E-state index >= 15 is 0 Å². The van der Waals surface area contributed by atoms with Crippen LogP contribution in [0, 0.1) is 0 Å². The molecule has 0 saturated heterocycles. The molecular formula is C16H20Cl2N2S. The monoisotopic (exact) mass is 342 g/mol. The van der Waals surface area contributed by atoms with Gasteiger partial charge in [-0.15, -0.1) is 11.3 Å². The molecule has 2 atom stereocenters. The maximum Gasteiger partial charge on any atom is 0.0931 e. The van der Waals surface area contributed by atoms with E-state index in [9.17, 15) is 0 Å². The second-order valence-electron chi connectivity index (χ2n) is 5.17. The molecule has 5 heteroatoms. The first-order valence-corrected chi connectivity index (χ1v) is 8.54. The lowest BCUT2D eigenvalue weighted by Gasteiger charge is -2.32. The Bertz CT molecular complexity index is 585. The quantitative estimate of drug-likeness (QED) is 0.803. The first-order chi connectivity index (χ1) is 10.0. The lowest BCUT2D eigenvalue weighted by molar-refractivity contribution is 0.205. The summed E-state index contributed by atoms with van der Waals surface area (Å²) in [4.78, 5) is 3.45. The molecule has 0 bridgehead atoms. The van der Waals surface area contributed by atoms with Crippen LogP contribution < -0.4 is 5.73 Å². The molecule has 0 fully saturated rings. The molecule has 1 aromatic carbocycles. The molecule has 1 aromatic heterocycles. The highest BCUT2D eigenvalue weighted by molar-refractivity contribution is 7.16. The molecule has 2 aromatic rings. The third-order valence-corrected chi connectivity index (χ3v) is 5.29. The Labute approximate surface area is 140 Å². The Hall–Kier alpha value is -0.580. The Morgan fingerprint density at radius 2 is 1.90 bits per heavy atom. The molecule has 114 valence electrons. The summed E-state index contributed by atoms with van der Waals surface area (Å²) < 4.78 is 0.796. The summed E-state index contributed by atoms with van der Waals surface area (Å²) in [7, 11) is 2.08. The Morgan fingerprint density at radius 3 is 2.48 bits per heavy atom. The Kier molecular flexibility index (Phi) is 6.08. The van der Waals surface area contributed by atoms with E-state index in [4.69, 9.17) is 28.9 Å². The molecule has 0 spiro atoms. The minimum absolute atomic E-state index is 0.0622. The topological polar surface area (TPSA) is 29.3 Å². The van der Waals surface area contributed by atoms with Crippen molar-refractivity contribution in [1.82, 2.24) is 4.90 Å². The van der Waals surface area contributed by atoms with Crippen molar-refractivity contribution in [2.45, 2.75) is 32.0 Å². The van der Waals surface area contributed by atoms with Crippen LogP contribution in [0.15, 0.2) is 36.4 Å². The van der Waals surface area contributed by atoms with Crippen LogP contribution in [0.2, 0.25) is 9.36 Å². The standard InChI is InChI=1S/C16H20Cl2N2S/c1-3-13(19)16(14-8-9-15(18)21-14)20(2)10-11-6-4-5-7-12(11)17/h4-9,13,16H,3,10,19H2,1-2H3. The maximum absolute atomic E-state index is 6.34. The fourth-order valence-electron chi connectivity index (χ4n) is 2.46. The van der Waals surface area contributed by atoms with Gasteiger partial charge in [0.1, 0.15) is 0 Å². The molecule has 0 radical (unpaired) electrons. The highest BCUT2D eigenvalue weighted by Crippen LogP contribution is 2.33. The number of halogens is 2. The zero-order valence-electron chi connectivity index (χ0n) is 12.2. The lowest BCUT2D eigenvalue weighted by Crippen LogP contribution is -2.38. The van der Waals surface area contributed by atoms with Gasteiger partial charge in [-0.2, -0.15) is 0 Å². The second kappa shape index (κ2) is 7.61. The van der Waals surface area contributed by atoms with Crippen LogP contribution in [-0.2, 0) is 6.54 Å². The number of rotatable bonds is 6. The van der Waals surface area contributed by atoms with Crippen molar-refractivity contribution < 1.29 is 0 Å². The van der Waals surface area contributed by atoms with E-state index in [0.29, 0.717) is 0 Å². The van der Waals surface area contributed by atoms with Gasteiger partial charge in [0.25, 0.3) is 0 Å². The van der Waals surface area contributed by atoms with Crippen LogP contribution in [0.1, 0.15) is 29.8 Å². The third kappa shape index (κ3) is 4.21. The molecule has 0 aliphatic rings. The average molecular weight is 343 g/mol. The minimum atomic E-state index is 0.0622. The summed E-state index contributed by atoms with van der Waals surface area (Å²) in [5.41, 5.74) is 7.45. The number of hydrogen-bond donors (Lipinski definition) is 1. The number of benzene rings is 1. The van der Waals surface area contributed by atoms with Crippen molar-refractivity contribution in [1.29, 1.82) is 0 Å². The van der Waals surface area contributed by atoms with Crippen LogP contribution in [0.4, 0.5) is 0 Å². The van der Waals surface area contributed by atoms with Crippen molar-refractivity contribution in [3.05, 3.63) is 56.2 Å². The van der Waals surface area contributed by atoms with Gasteiger partial charge in [0.2, 0.25) is 0 Å². The smallest absolute Gasteiger partial charge is 0.0931 e. The van der Waals surface area contributed by atoms with Crippen LogP contribution >= 0.6 is 34.5 Å². The molecule has 0 aliphatic heterocycles. The van der Waals surface area contributed by atoms with Gasteiger partial charge in [-0.3, -0.25) is 4.90 Å². The van der Waals surface area contributed by atoms with Crippen molar-refractivity contribution in [2.24, 2.45) is 5.73 Å². The summed E-state index contributed by atoms with van der Waals surface area (Å²) in [6.07, 6.45) is 0.910. The van der Waals surface area contributed by atoms with Gasteiger partial charge < -0.3 is 5.73 Å². The first-order valence-electron chi connectivity index (χ1n) is 6.97. The van der Waals surface area contributed by atoms with E-state index in [1.54, 1.807) is 11.3 Å². The second-order valence-corrected chi connectivity index (χ2v) is 7.32. The van der Waals surface area contributed by atoms with E-state index in [-0.39, 0.29) is 12.1 Å². The fourth-order valence-corrected chi connectivity index (χ4v) is 3.96. The van der Waals surface area contributed by atoms with Gasteiger partial charge >= 0.3 is 0 Å². The summed E-state index contributed by atoms with van der Waals surface area (Å²) in [5.74, 6) is 0. The summed E-state index contributed by atoms with van der Waals surface area (Å²) in [5, 5.41) is 0.789. The van der Waals surface area contributed by atoms with Gasteiger partial charge in [-0.25, -0.2) is 0 Å². The summed E-state index contributed by atoms with van der Waals surface area (Å²) in [6, 6.07) is 12.1. The number of nitrogens with two attached hydrogens (primary N) is 1. The largest absolute Gasteiger partial charge is 0.326 e. The first kappa shape index (κ1) is 16.8. The molecule has 2 unspecified atom stereocenters. The summed E-state index contributed by atoms with van der Waals surface area (Å²) in [6.45, 7) is 2.86. The van der Waals surface area contributed by atoms with Crippen LogP contribution in [-0.4, -0.2) is 18.0 Å². The zero-order valence-corrected chi connectivity index (χ0v) is 14.6. The van der Waals surface area contributed by atoms with E-state index in [2.05, 4.69) is 31.0 Å². The SMILES string of the molecule is CCC(N)C(c1ccc(Cl)s1)N(C)Cc1ccccc1Cl. The summed E-state index contributed by atoms with van der Waals surface area (Å²) >= 11 is 13.9. The Balaban J connectivity index is 2.22. The van der Waals surface area contributed by atoms with Gasteiger partial charge in [-0.1, -0.05) is 48.3 Å². The van der Waals surface area contributed by atoms with Crippen LogP contribution in [0.5, 0.6) is 0 Å². The molecular weight excluding hydrogens is 323 g/mol. The van der Waals surface area contributed by atoms with E-state index in [0.717, 1.165) is 27.9 Å². The zero-order chi connectivity index (χ0) is 15.4. The fraction of sp³-hybridized carbons (Fsp3) is 0.375. The van der Waals surface area contributed by atoms with Gasteiger partial charge in [0, 0.05) is 22.5 Å². The van der Waals surface area contributed by atoms with Gasteiger partial charge in [-0.05, 0) is 37.2 Å². The van der Waals surface area contributed by atoms with E-state index in [1.807, 2.05) is 24.3 Å². The molecule has 0 aliphatic carbocycles. The number of nitrogens with zero attached hydrogens (tertiary/aromatic N) is 1. The molecule has 2 nitrogen and oxygen atoms in total. The third-order valence-electron chi connectivity index (χ3n) is 3.61. The van der Waals surface area contributed by atoms with Crippen molar-refractivity contribution >= 4 is 34.5 Å². The van der Waals surface area contributed by atoms with E-state index in [1.165, 1.54) is 4.88 Å². The van der Waals surface area contributed by atoms with Crippen molar-refractivity contribution in [3.63, 3.8) is 0 Å². The molecule has 2 rings (SSSR count). The highest BCUT2D eigenvalue weighted by Gasteiger charge is 2.25. The van der Waals surface area contributed by atoms with Crippen molar-refractivity contribution in [3.8, 4) is 0 Å². The Morgan fingerprint density at radius 1 is 1.19 bits per heavy atom. The number of hydrogen-bond acceptors (Lipinski definition) is 3. The number of likely N-dealkylation sites (N-methyl/N-ethyl adjacent to an activating group) is 1.